The van der Waals surface area contributed by atoms with E-state index in [-0.39, 0.29) is 18.3 Å². The Bertz CT molecular complexity index is 434. The maximum absolute atomic E-state index is 13.3. The first kappa shape index (κ1) is 16.4. The molecule has 0 aliphatic heterocycles. The SMILES string of the molecule is CCNCc1cc(F)ccc1OCC(=O)N(CC)CC. The van der Waals surface area contributed by atoms with Crippen LogP contribution in [0.3, 0.4) is 0 Å². The number of nitrogens with one attached hydrogen (secondary N) is 1. The van der Waals surface area contributed by atoms with Crippen molar-refractivity contribution in [1.29, 1.82) is 0 Å². The highest BCUT2D eigenvalue weighted by Crippen LogP contribution is 2.19. The minimum Gasteiger partial charge on any atom is -0.483 e. The van der Waals surface area contributed by atoms with E-state index in [0.29, 0.717) is 25.4 Å². The van der Waals surface area contributed by atoms with Gasteiger partial charge in [0, 0.05) is 25.2 Å². The molecule has 0 aromatic heterocycles. The summed E-state index contributed by atoms with van der Waals surface area (Å²) in [6, 6.07) is 4.34. The zero-order chi connectivity index (χ0) is 15.0. The van der Waals surface area contributed by atoms with Gasteiger partial charge in [0.25, 0.3) is 5.91 Å². The molecule has 1 amide bonds. The highest BCUT2D eigenvalue weighted by Gasteiger charge is 2.12. The summed E-state index contributed by atoms with van der Waals surface area (Å²) in [5.41, 5.74) is 0.721. The number of rotatable bonds is 8. The molecule has 0 fully saturated rings. The lowest BCUT2D eigenvalue weighted by Gasteiger charge is -2.19. The summed E-state index contributed by atoms with van der Waals surface area (Å²) in [5.74, 6) is 0.182. The van der Waals surface area contributed by atoms with Gasteiger partial charge < -0.3 is 15.0 Å². The fourth-order valence-corrected chi connectivity index (χ4v) is 1.89. The van der Waals surface area contributed by atoms with Gasteiger partial charge in [0.15, 0.2) is 6.61 Å². The molecule has 1 aromatic rings. The van der Waals surface area contributed by atoms with Gasteiger partial charge in [0.2, 0.25) is 0 Å². The van der Waals surface area contributed by atoms with Crippen LogP contribution in [0.2, 0.25) is 0 Å². The second-order valence-electron chi connectivity index (χ2n) is 4.39. The van der Waals surface area contributed by atoms with E-state index in [4.69, 9.17) is 4.74 Å². The molecule has 112 valence electrons. The number of halogens is 1. The number of amides is 1. The second kappa shape index (κ2) is 8.53. The van der Waals surface area contributed by atoms with E-state index in [1.54, 1.807) is 11.0 Å². The van der Waals surface area contributed by atoms with Crippen molar-refractivity contribution in [2.24, 2.45) is 0 Å². The van der Waals surface area contributed by atoms with Crippen molar-refractivity contribution in [3.63, 3.8) is 0 Å². The quantitative estimate of drug-likeness (QED) is 0.794. The summed E-state index contributed by atoms with van der Waals surface area (Å²) in [5, 5.41) is 3.12. The molecular weight excluding hydrogens is 259 g/mol. The molecule has 20 heavy (non-hydrogen) atoms. The summed E-state index contributed by atoms with van der Waals surface area (Å²) in [7, 11) is 0. The van der Waals surface area contributed by atoms with Crippen LogP contribution in [0.1, 0.15) is 26.3 Å². The van der Waals surface area contributed by atoms with Gasteiger partial charge in [-0.2, -0.15) is 0 Å². The fourth-order valence-electron chi connectivity index (χ4n) is 1.89. The first-order chi connectivity index (χ1) is 9.62. The first-order valence-corrected chi connectivity index (χ1v) is 7.02. The van der Waals surface area contributed by atoms with Crippen molar-refractivity contribution in [3.05, 3.63) is 29.6 Å². The van der Waals surface area contributed by atoms with Crippen molar-refractivity contribution in [2.75, 3.05) is 26.2 Å². The highest BCUT2D eigenvalue weighted by atomic mass is 19.1. The Morgan fingerprint density at radius 1 is 1.30 bits per heavy atom. The Labute approximate surface area is 119 Å². The molecule has 0 unspecified atom stereocenters. The normalized spacial score (nSPS) is 10.4. The van der Waals surface area contributed by atoms with E-state index < -0.39 is 0 Å². The highest BCUT2D eigenvalue weighted by molar-refractivity contribution is 5.77. The van der Waals surface area contributed by atoms with E-state index in [0.717, 1.165) is 12.1 Å². The summed E-state index contributed by atoms with van der Waals surface area (Å²) in [6.07, 6.45) is 0. The van der Waals surface area contributed by atoms with Gasteiger partial charge in [-0.15, -0.1) is 0 Å². The third-order valence-electron chi connectivity index (χ3n) is 3.06. The molecule has 1 aromatic carbocycles. The average molecular weight is 282 g/mol. The van der Waals surface area contributed by atoms with E-state index in [2.05, 4.69) is 5.32 Å². The number of ether oxygens (including phenoxy) is 1. The van der Waals surface area contributed by atoms with Crippen molar-refractivity contribution >= 4 is 5.91 Å². The topological polar surface area (TPSA) is 41.6 Å². The molecule has 0 bridgehead atoms. The lowest BCUT2D eigenvalue weighted by atomic mass is 10.2. The van der Waals surface area contributed by atoms with Gasteiger partial charge in [-0.1, -0.05) is 6.92 Å². The standard InChI is InChI=1S/C15H23FN2O2/c1-4-17-10-12-9-13(16)7-8-14(12)20-11-15(19)18(5-2)6-3/h7-9,17H,4-6,10-11H2,1-3H3. The van der Waals surface area contributed by atoms with Gasteiger partial charge >= 0.3 is 0 Å². The van der Waals surface area contributed by atoms with Crippen molar-refractivity contribution in [2.45, 2.75) is 27.3 Å². The molecule has 0 saturated heterocycles. The molecular formula is C15H23FN2O2. The van der Waals surface area contributed by atoms with Crippen molar-refractivity contribution < 1.29 is 13.9 Å². The monoisotopic (exact) mass is 282 g/mol. The minimum absolute atomic E-state index is 0.0214. The Balaban J connectivity index is 2.69. The lowest BCUT2D eigenvalue weighted by molar-refractivity contribution is -0.132. The van der Waals surface area contributed by atoms with E-state index >= 15 is 0 Å². The lowest BCUT2D eigenvalue weighted by Crippen LogP contribution is -2.34. The summed E-state index contributed by atoms with van der Waals surface area (Å²) in [6.45, 7) is 8.43. The van der Waals surface area contributed by atoms with Gasteiger partial charge in [-0.25, -0.2) is 4.39 Å². The van der Waals surface area contributed by atoms with Gasteiger partial charge in [-0.3, -0.25) is 4.79 Å². The zero-order valence-electron chi connectivity index (χ0n) is 12.4. The number of carbonyl (C=O) groups excluding carboxylic acids is 1. The number of likely N-dealkylation sites (N-methyl/N-ethyl adjacent to an activating group) is 1. The molecule has 1 rings (SSSR count). The Morgan fingerprint density at radius 2 is 2.00 bits per heavy atom. The smallest absolute Gasteiger partial charge is 0.260 e. The molecule has 0 saturated carbocycles. The maximum Gasteiger partial charge on any atom is 0.260 e. The third kappa shape index (κ3) is 4.81. The molecule has 0 spiro atoms. The van der Waals surface area contributed by atoms with E-state index in [1.165, 1.54) is 12.1 Å². The molecule has 1 N–H and O–H groups in total. The van der Waals surface area contributed by atoms with Crippen LogP contribution in [0.5, 0.6) is 5.75 Å². The second-order valence-corrected chi connectivity index (χ2v) is 4.39. The van der Waals surface area contributed by atoms with Crippen LogP contribution in [-0.2, 0) is 11.3 Å². The summed E-state index contributed by atoms with van der Waals surface area (Å²) < 4.78 is 18.8. The van der Waals surface area contributed by atoms with Gasteiger partial charge in [-0.05, 0) is 38.6 Å². The first-order valence-electron chi connectivity index (χ1n) is 7.02. The summed E-state index contributed by atoms with van der Waals surface area (Å²) in [4.78, 5) is 13.6. The average Bonchev–Trinajstić information content (AvgIpc) is 2.45. The Morgan fingerprint density at radius 3 is 2.60 bits per heavy atom. The zero-order valence-corrected chi connectivity index (χ0v) is 12.4. The Hall–Kier alpha value is -1.62. The number of hydrogen-bond acceptors (Lipinski definition) is 3. The molecule has 0 radical (unpaired) electrons. The predicted molar refractivity (Wildman–Crippen MR) is 77.2 cm³/mol. The molecule has 5 heteroatoms. The van der Waals surface area contributed by atoms with Crippen LogP contribution in [0.4, 0.5) is 4.39 Å². The van der Waals surface area contributed by atoms with E-state index in [9.17, 15) is 9.18 Å². The van der Waals surface area contributed by atoms with Gasteiger partial charge in [0.1, 0.15) is 11.6 Å². The molecule has 0 heterocycles. The fraction of sp³-hybridized carbons (Fsp3) is 0.533. The summed E-state index contributed by atoms with van der Waals surface area (Å²) >= 11 is 0. The van der Waals surface area contributed by atoms with Crippen LogP contribution in [0.25, 0.3) is 0 Å². The third-order valence-corrected chi connectivity index (χ3v) is 3.06. The van der Waals surface area contributed by atoms with Crippen LogP contribution in [0.15, 0.2) is 18.2 Å². The van der Waals surface area contributed by atoms with Gasteiger partial charge in [0.05, 0.1) is 0 Å². The van der Waals surface area contributed by atoms with Crippen molar-refractivity contribution in [3.8, 4) is 5.75 Å². The van der Waals surface area contributed by atoms with E-state index in [1.807, 2.05) is 20.8 Å². The molecule has 4 nitrogen and oxygen atoms in total. The minimum atomic E-state index is -0.305. The molecule has 0 atom stereocenters. The van der Waals surface area contributed by atoms with Crippen molar-refractivity contribution in [1.82, 2.24) is 10.2 Å². The maximum atomic E-state index is 13.3. The van der Waals surface area contributed by atoms with Crippen LogP contribution >= 0.6 is 0 Å². The molecule has 0 aliphatic rings. The number of benzene rings is 1. The largest absolute Gasteiger partial charge is 0.483 e. The van der Waals surface area contributed by atoms with Crippen LogP contribution < -0.4 is 10.1 Å². The number of carbonyl (C=O) groups is 1. The van der Waals surface area contributed by atoms with Crippen LogP contribution in [-0.4, -0.2) is 37.0 Å². The Kier molecular flexibility index (Phi) is 7.01. The van der Waals surface area contributed by atoms with Crippen LogP contribution in [0, 0.1) is 5.82 Å². The number of nitrogens with zero attached hydrogens (tertiary/aromatic N) is 1. The molecule has 0 aliphatic carbocycles. The number of hydrogen-bond donors (Lipinski definition) is 1. The predicted octanol–water partition coefficient (Wildman–Crippen LogP) is 2.18.